The van der Waals surface area contributed by atoms with Gasteiger partial charge in [-0.15, -0.1) is 11.3 Å². The minimum atomic E-state index is -3.62. The Kier molecular flexibility index (Phi) is 10.3. The maximum absolute atomic E-state index is 12.5. The molecule has 176 valence electrons. The van der Waals surface area contributed by atoms with E-state index in [4.69, 9.17) is 43.0 Å². The minimum absolute atomic E-state index is 0.199. The van der Waals surface area contributed by atoms with Crippen molar-refractivity contribution in [2.24, 2.45) is 0 Å². The summed E-state index contributed by atoms with van der Waals surface area (Å²) in [5, 5.41) is 18.8. The summed E-state index contributed by atoms with van der Waals surface area (Å²) in [6.07, 6.45) is 0. The lowest BCUT2D eigenvalue weighted by Crippen LogP contribution is -2.34. The molecule has 0 aliphatic carbocycles. The van der Waals surface area contributed by atoms with Gasteiger partial charge in [-0.2, -0.15) is 0 Å². The first kappa shape index (κ1) is 26.8. The van der Waals surface area contributed by atoms with Gasteiger partial charge in [0.2, 0.25) is 10.0 Å². The van der Waals surface area contributed by atoms with E-state index in [0.717, 1.165) is 22.5 Å². The summed E-state index contributed by atoms with van der Waals surface area (Å²) in [4.78, 5) is 18.2. The zero-order valence-electron chi connectivity index (χ0n) is 16.9. The van der Waals surface area contributed by atoms with E-state index in [1.165, 1.54) is 6.07 Å². The summed E-state index contributed by atoms with van der Waals surface area (Å²) in [7, 11) is -3.62. The minimum Gasteiger partial charge on any atom is -0.473 e. The van der Waals surface area contributed by atoms with E-state index >= 15 is 0 Å². The number of rotatable bonds is 8. The fourth-order valence-corrected chi connectivity index (χ4v) is 5.35. The Morgan fingerprint density at radius 1 is 0.909 bits per heavy atom. The van der Waals surface area contributed by atoms with Crippen LogP contribution in [-0.2, 0) is 26.2 Å². The number of aliphatic carboxylic acids is 2. The Hall–Kier alpha value is -2.47. The zero-order chi connectivity index (χ0) is 24.4. The van der Waals surface area contributed by atoms with Gasteiger partial charge < -0.3 is 15.5 Å². The van der Waals surface area contributed by atoms with Crippen LogP contribution in [0, 0.1) is 0 Å². The maximum Gasteiger partial charge on any atom is 0.414 e. The number of carboxylic acid groups (broad SMARTS) is 2. The van der Waals surface area contributed by atoms with Gasteiger partial charge in [0.15, 0.2) is 0 Å². The molecule has 0 spiro atoms. The zero-order valence-corrected chi connectivity index (χ0v) is 20.1. The first-order chi connectivity index (χ1) is 15.6. The number of halogens is 2. The molecule has 33 heavy (non-hydrogen) atoms. The lowest BCUT2D eigenvalue weighted by atomic mass is 10.1. The van der Waals surface area contributed by atoms with Gasteiger partial charge in [-0.3, -0.25) is 0 Å². The number of hydrogen-bond donors (Lipinski definition) is 4. The van der Waals surface area contributed by atoms with Crippen molar-refractivity contribution in [3.05, 3.63) is 87.2 Å². The van der Waals surface area contributed by atoms with Gasteiger partial charge in [-0.1, -0.05) is 71.7 Å². The lowest BCUT2D eigenvalue weighted by Gasteiger charge is -2.20. The van der Waals surface area contributed by atoms with Crippen LogP contribution in [-0.4, -0.2) is 37.1 Å². The highest BCUT2D eigenvalue weighted by Gasteiger charge is 2.20. The average Bonchev–Trinajstić information content (AvgIpc) is 3.23. The van der Waals surface area contributed by atoms with Crippen LogP contribution in [0.25, 0.3) is 0 Å². The molecule has 1 atom stereocenters. The Labute approximate surface area is 204 Å². The van der Waals surface area contributed by atoms with Crippen molar-refractivity contribution in [3.63, 3.8) is 0 Å². The molecule has 8 nitrogen and oxygen atoms in total. The molecule has 0 aliphatic rings. The van der Waals surface area contributed by atoms with Gasteiger partial charge in [0.25, 0.3) is 0 Å². The monoisotopic (exact) mass is 530 g/mol. The largest absolute Gasteiger partial charge is 0.473 e. The van der Waals surface area contributed by atoms with Gasteiger partial charge in [-0.05, 0) is 29.3 Å². The highest BCUT2D eigenvalue weighted by atomic mass is 35.5. The molecule has 4 N–H and O–H groups in total. The van der Waals surface area contributed by atoms with Crippen LogP contribution < -0.4 is 10.0 Å². The predicted octanol–water partition coefficient (Wildman–Crippen LogP) is 4.02. The molecule has 1 unspecified atom stereocenters. The Morgan fingerprint density at radius 3 is 2.06 bits per heavy atom. The first-order valence-corrected chi connectivity index (χ1v) is 12.4. The molecule has 0 radical (unpaired) electrons. The standard InChI is InChI=1S/C19H18Cl2N2O2S2.C2H2O4/c20-16-9-5-4-8-15(16)12-22-17(14-6-2-1-3-7-14)13-23-27(24,25)19-11-10-18(21)26-19;3-1(4)2(5)6/h1-11,17,22-23H,12-13H2;(H,3,4)(H,5,6). The second-order valence-corrected chi connectivity index (χ2v) is 10.6. The van der Waals surface area contributed by atoms with Crippen LogP contribution in [0.3, 0.4) is 0 Å². The normalized spacial score (nSPS) is 11.8. The summed E-state index contributed by atoms with van der Waals surface area (Å²) < 4.78 is 28.3. The second-order valence-electron chi connectivity index (χ2n) is 6.46. The third kappa shape index (κ3) is 8.77. The van der Waals surface area contributed by atoms with Gasteiger partial charge >= 0.3 is 11.9 Å². The summed E-state index contributed by atoms with van der Waals surface area (Å²) in [6, 6.07) is 20.1. The van der Waals surface area contributed by atoms with Crippen molar-refractivity contribution in [2.45, 2.75) is 16.8 Å². The summed E-state index contributed by atoms with van der Waals surface area (Å²) in [5.41, 5.74) is 1.93. The third-order valence-corrected chi connectivity index (χ3v) is 7.69. The Bertz CT molecular complexity index is 1170. The van der Waals surface area contributed by atoms with Crippen LogP contribution >= 0.6 is 34.5 Å². The van der Waals surface area contributed by atoms with Gasteiger partial charge in [0.05, 0.1) is 4.34 Å². The fraction of sp³-hybridized carbons (Fsp3) is 0.143. The maximum atomic E-state index is 12.5. The average molecular weight is 531 g/mol. The molecule has 0 bridgehead atoms. The molecule has 12 heteroatoms. The number of carbonyl (C=O) groups is 2. The van der Waals surface area contributed by atoms with Crippen molar-refractivity contribution in [2.75, 3.05) is 6.54 Å². The molecule has 0 aliphatic heterocycles. The number of sulfonamides is 1. The number of nitrogens with one attached hydrogen (secondary N) is 2. The van der Waals surface area contributed by atoms with E-state index in [-0.39, 0.29) is 16.8 Å². The van der Waals surface area contributed by atoms with E-state index in [1.54, 1.807) is 6.07 Å². The van der Waals surface area contributed by atoms with E-state index in [1.807, 2.05) is 54.6 Å². The SMILES string of the molecule is O=C(O)C(=O)O.O=S(=O)(NCC(NCc1ccccc1Cl)c1ccccc1)c1ccc(Cl)s1. The topological polar surface area (TPSA) is 133 Å². The van der Waals surface area contributed by atoms with Gasteiger partial charge in [-0.25, -0.2) is 22.7 Å². The second kappa shape index (κ2) is 12.7. The van der Waals surface area contributed by atoms with Crippen molar-refractivity contribution >= 4 is 56.5 Å². The summed E-state index contributed by atoms with van der Waals surface area (Å²) in [5.74, 6) is -3.65. The Morgan fingerprint density at radius 2 is 1.52 bits per heavy atom. The van der Waals surface area contributed by atoms with Crippen LogP contribution in [0.15, 0.2) is 70.9 Å². The van der Waals surface area contributed by atoms with Crippen LogP contribution in [0.2, 0.25) is 9.36 Å². The van der Waals surface area contributed by atoms with Crippen LogP contribution in [0.4, 0.5) is 0 Å². The number of carboxylic acids is 2. The molecule has 0 fully saturated rings. The van der Waals surface area contributed by atoms with Gasteiger partial charge in [0.1, 0.15) is 4.21 Å². The van der Waals surface area contributed by atoms with E-state index in [2.05, 4.69) is 10.0 Å². The highest BCUT2D eigenvalue weighted by molar-refractivity contribution is 7.91. The highest BCUT2D eigenvalue weighted by Crippen LogP contribution is 2.25. The molecule has 0 saturated carbocycles. The number of benzene rings is 2. The fourth-order valence-electron chi connectivity index (χ4n) is 2.57. The predicted molar refractivity (Wildman–Crippen MR) is 127 cm³/mol. The smallest absolute Gasteiger partial charge is 0.414 e. The quantitative estimate of drug-likeness (QED) is 0.323. The van der Waals surface area contributed by atoms with Crippen molar-refractivity contribution in [1.29, 1.82) is 0 Å². The number of hydrogen-bond acceptors (Lipinski definition) is 6. The van der Waals surface area contributed by atoms with E-state index in [0.29, 0.717) is 15.9 Å². The van der Waals surface area contributed by atoms with Crippen molar-refractivity contribution in [3.8, 4) is 0 Å². The molecule has 1 aromatic heterocycles. The molecule has 0 saturated heterocycles. The van der Waals surface area contributed by atoms with Crippen molar-refractivity contribution < 1.29 is 28.2 Å². The first-order valence-electron chi connectivity index (χ1n) is 9.33. The molecule has 3 rings (SSSR count). The lowest BCUT2D eigenvalue weighted by molar-refractivity contribution is -0.159. The van der Waals surface area contributed by atoms with E-state index < -0.39 is 22.0 Å². The molecular weight excluding hydrogens is 511 g/mol. The Balaban J connectivity index is 0.000000569. The molecule has 3 aromatic rings. The summed E-state index contributed by atoms with van der Waals surface area (Å²) >= 11 is 13.1. The van der Waals surface area contributed by atoms with Crippen molar-refractivity contribution in [1.82, 2.24) is 10.0 Å². The molecular formula is C21H20Cl2N2O6S2. The molecule has 2 aromatic carbocycles. The van der Waals surface area contributed by atoms with Gasteiger partial charge in [0, 0.05) is 24.2 Å². The molecule has 0 amide bonds. The summed E-state index contributed by atoms with van der Waals surface area (Å²) in [6.45, 7) is 0.720. The molecule has 1 heterocycles. The van der Waals surface area contributed by atoms with Crippen LogP contribution in [0.5, 0.6) is 0 Å². The number of thiophene rings is 1. The van der Waals surface area contributed by atoms with Crippen LogP contribution in [0.1, 0.15) is 17.2 Å². The third-order valence-electron chi connectivity index (χ3n) is 4.17. The van der Waals surface area contributed by atoms with E-state index in [9.17, 15) is 8.42 Å².